The first-order valence-corrected chi connectivity index (χ1v) is 6.42. The summed E-state index contributed by atoms with van der Waals surface area (Å²) in [7, 11) is 1.59. The third kappa shape index (κ3) is 3.12. The van der Waals surface area contributed by atoms with Gasteiger partial charge in [0.1, 0.15) is 6.10 Å². The minimum atomic E-state index is -0.622. The van der Waals surface area contributed by atoms with Gasteiger partial charge in [0.05, 0.1) is 18.8 Å². The molecule has 1 aliphatic heterocycles. The Balaban J connectivity index is 2.15. The van der Waals surface area contributed by atoms with Crippen molar-refractivity contribution >= 4 is 5.91 Å². The highest BCUT2D eigenvalue weighted by atomic mass is 16.5. The zero-order valence-electron chi connectivity index (χ0n) is 10.9. The topological polar surface area (TPSA) is 78.8 Å². The molecule has 104 valence electrons. The summed E-state index contributed by atoms with van der Waals surface area (Å²) in [5.41, 5.74) is 1.47. The van der Waals surface area contributed by atoms with E-state index in [2.05, 4.69) is 5.32 Å². The highest BCUT2D eigenvalue weighted by Crippen LogP contribution is 2.31. The molecule has 1 heterocycles. The fraction of sp³-hybridized carbons (Fsp3) is 0.500. The largest absolute Gasteiger partial charge is 0.394 e. The average molecular weight is 265 g/mol. The molecule has 3 N–H and O–H groups in total. The molecule has 3 unspecified atom stereocenters. The lowest BCUT2D eigenvalue weighted by Crippen LogP contribution is -2.38. The highest BCUT2D eigenvalue weighted by Gasteiger charge is 2.30. The van der Waals surface area contributed by atoms with Crippen molar-refractivity contribution in [3.05, 3.63) is 35.4 Å². The average Bonchev–Trinajstić information content (AvgIpc) is 2.47. The van der Waals surface area contributed by atoms with Gasteiger partial charge in [-0.1, -0.05) is 12.1 Å². The number of aliphatic hydroxyl groups excluding tert-OH is 2. The summed E-state index contributed by atoms with van der Waals surface area (Å²) >= 11 is 0. The zero-order chi connectivity index (χ0) is 13.8. The Bertz CT molecular complexity index is 449. The number of carbonyl (C=O) groups excluding carboxylic acids is 1. The van der Waals surface area contributed by atoms with Gasteiger partial charge in [-0.05, 0) is 30.5 Å². The predicted molar refractivity (Wildman–Crippen MR) is 69.8 cm³/mol. The van der Waals surface area contributed by atoms with Gasteiger partial charge in [0, 0.05) is 12.6 Å². The molecule has 5 nitrogen and oxygen atoms in total. The molecule has 1 amide bonds. The van der Waals surface area contributed by atoms with Crippen molar-refractivity contribution in [3.8, 4) is 0 Å². The monoisotopic (exact) mass is 265 g/mol. The minimum absolute atomic E-state index is 0.142. The fourth-order valence-corrected chi connectivity index (χ4v) is 2.31. The number of rotatable bonds is 3. The lowest BCUT2D eigenvalue weighted by atomic mass is 9.95. The van der Waals surface area contributed by atoms with Gasteiger partial charge in [0.15, 0.2) is 0 Å². The maximum absolute atomic E-state index is 11.6. The molecular weight excluding hydrogens is 246 g/mol. The van der Waals surface area contributed by atoms with Crippen molar-refractivity contribution in [2.75, 3.05) is 13.7 Å². The Labute approximate surface area is 112 Å². The minimum Gasteiger partial charge on any atom is -0.394 e. The van der Waals surface area contributed by atoms with E-state index in [9.17, 15) is 9.90 Å². The van der Waals surface area contributed by atoms with Crippen LogP contribution in [0.5, 0.6) is 0 Å². The molecule has 1 saturated heterocycles. The Morgan fingerprint density at radius 3 is 2.95 bits per heavy atom. The maximum atomic E-state index is 11.6. The summed E-state index contributed by atoms with van der Waals surface area (Å²) in [4.78, 5) is 11.6. The Hall–Kier alpha value is -1.43. The number of benzene rings is 1. The normalized spacial score (nSPS) is 27.0. The molecule has 1 aromatic rings. The smallest absolute Gasteiger partial charge is 0.251 e. The molecule has 0 bridgehead atoms. The molecule has 1 fully saturated rings. The molecule has 2 rings (SSSR count). The first kappa shape index (κ1) is 14.0. The van der Waals surface area contributed by atoms with Crippen LogP contribution in [0.2, 0.25) is 0 Å². The van der Waals surface area contributed by atoms with E-state index in [1.54, 1.807) is 19.2 Å². The van der Waals surface area contributed by atoms with Crippen molar-refractivity contribution in [2.45, 2.75) is 31.2 Å². The van der Waals surface area contributed by atoms with Gasteiger partial charge in [0.25, 0.3) is 5.91 Å². The lowest BCUT2D eigenvalue weighted by Gasteiger charge is -2.33. The van der Waals surface area contributed by atoms with Crippen LogP contribution in [0.3, 0.4) is 0 Å². The summed E-state index contributed by atoms with van der Waals surface area (Å²) in [5.74, 6) is -0.142. The second-order valence-electron chi connectivity index (χ2n) is 4.70. The van der Waals surface area contributed by atoms with Gasteiger partial charge < -0.3 is 20.3 Å². The molecule has 0 aromatic heterocycles. The molecule has 1 aromatic carbocycles. The van der Waals surface area contributed by atoms with E-state index in [1.165, 1.54) is 0 Å². The zero-order valence-corrected chi connectivity index (χ0v) is 10.9. The molecule has 5 heteroatoms. The summed E-state index contributed by atoms with van der Waals surface area (Å²) in [6, 6.07) is 7.23. The Morgan fingerprint density at radius 1 is 1.47 bits per heavy atom. The van der Waals surface area contributed by atoms with Crippen molar-refractivity contribution in [1.29, 1.82) is 0 Å². The number of ether oxygens (including phenoxy) is 1. The van der Waals surface area contributed by atoms with Crippen LogP contribution >= 0.6 is 0 Å². The Morgan fingerprint density at radius 2 is 2.26 bits per heavy atom. The number of nitrogens with one attached hydrogen (secondary N) is 1. The van der Waals surface area contributed by atoms with Gasteiger partial charge in [-0.3, -0.25) is 4.79 Å². The number of amides is 1. The SMILES string of the molecule is CNC(=O)c1cccc(C2CCC(O)C(CO)O2)c1. The molecule has 0 saturated carbocycles. The van der Waals surface area contributed by atoms with Crippen LogP contribution in [-0.2, 0) is 4.74 Å². The van der Waals surface area contributed by atoms with E-state index in [-0.39, 0.29) is 18.6 Å². The quantitative estimate of drug-likeness (QED) is 0.748. The summed E-state index contributed by atoms with van der Waals surface area (Å²) < 4.78 is 5.67. The number of carbonyl (C=O) groups is 1. The molecular formula is C14H19NO4. The van der Waals surface area contributed by atoms with Crippen LogP contribution in [0, 0.1) is 0 Å². The van der Waals surface area contributed by atoms with Crippen molar-refractivity contribution < 1.29 is 19.7 Å². The van der Waals surface area contributed by atoms with Gasteiger partial charge in [0.2, 0.25) is 0 Å². The van der Waals surface area contributed by atoms with Crippen LogP contribution in [0.1, 0.15) is 34.9 Å². The third-order valence-corrected chi connectivity index (χ3v) is 3.42. The molecule has 19 heavy (non-hydrogen) atoms. The van der Waals surface area contributed by atoms with Gasteiger partial charge in [-0.15, -0.1) is 0 Å². The van der Waals surface area contributed by atoms with E-state index in [1.807, 2.05) is 12.1 Å². The van der Waals surface area contributed by atoms with E-state index >= 15 is 0 Å². The predicted octanol–water partition coefficient (Wildman–Crippen LogP) is 0.619. The van der Waals surface area contributed by atoms with Crippen LogP contribution in [0.15, 0.2) is 24.3 Å². The maximum Gasteiger partial charge on any atom is 0.251 e. The van der Waals surface area contributed by atoms with Crippen molar-refractivity contribution in [1.82, 2.24) is 5.32 Å². The second kappa shape index (κ2) is 6.14. The summed E-state index contributed by atoms with van der Waals surface area (Å²) in [6.07, 6.45) is -0.106. The van der Waals surface area contributed by atoms with Gasteiger partial charge in [-0.2, -0.15) is 0 Å². The molecule has 0 aliphatic carbocycles. The standard InChI is InChI=1S/C14H19NO4/c1-15-14(18)10-4-2-3-9(7-10)12-6-5-11(17)13(8-16)19-12/h2-4,7,11-13,16-17H,5-6,8H2,1H3,(H,15,18). The first-order chi connectivity index (χ1) is 9.15. The lowest BCUT2D eigenvalue weighted by molar-refractivity contribution is -0.135. The number of hydrogen-bond acceptors (Lipinski definition) is 4. The van der Waals surface area contributed by atoms with Crippen molar-refractivity contribution in [3.63, 3.8) is 0 Å². The van der Waals surface area contributed by atoms with E-state index in [0.29, 0.717) is 18.4 Å². The molecule has 0 radical (unpaired) electrons. The van der Waals surface area contributed by atoms with E-state index < -0.39 is 12.2 Å². The fourth-order valence-electron chi connectivity index (χ4n) is 2.31. The van der Waals surface area contributed by atoms with Crippen LogP contribution < -0.4 is 5.32 Å². The van der Waals surface area contributed by atoms with E-state index in [4.69, 9.17) is 9.84 Å². The molecule has 1 aliphatic rings. The number of aliphatic hydroxyl groups is 2. The van der Waals surface area contributed by atoms with Crippen LogP contribution in [0.4, 0.5) is 0 Å². The Kier molecular flexibility index (Phi) is 4.52. The molecule has 3 atom stereocenters. The second-order valence-corrected chi connectivity index (χ2v) is 4.70. The summed E-state index contributed by atoms with van der Waals surface area (Å²) in [6.45, 7) is -0.202. The van der Waals surface area contributed by atoms with Crippen molar-refractivity contribution in [2.24, 2.45) is 0 Å². The highest BCUT2D eigenvalue weighted by molar-refractivity contribution is 5.94. The first-order valence-electron chi connectivity index (χ1n) is 6.42. The molecule has 0 spiro atoms. The van der Waals surface area contributed by atoms with Gasteiger partial charge in [-0.25, -0.2) is 0 Å². The number of hydrogen-bond donors (Lipinski definition) is 3. The van der Waals surface area contributed by atoms with E-state index in [0.717, 1.165) is 5.56 Å². The summed E-state index contributed by atoms with van der Waals surface area (Å²) in [5, 5.41) is 21.4. The van der Waals surface area contributed by atoms with Gasteiger partial charge >= 0.3 is 0 Å². The van der Waals surface area contributed by atoms with Crippen LogP contribution in [0.25, 0.3) is 0 Å². The van der Waals surface area contributed by atoms with Crippen LogP contribution in [-0.4, -0.2) is 42.0 Å². The third-order valence-electron chi connectivity index (χ3n) is 3.42.